The second-order valence-electron chi connectivity index (χ2n) is 3.29. The summed E-state index contributed by atoms with van der Waals surface area (Å²) in [5.74, 6) is 0.586. The largest absolute Gasteiger partial charge is 0.460 e. The van der Waals surface area contributed by atoms with Crippen molar-refractivity contribution in [2.24, 2.45) is 0 Å². The molecule has 1 heterocycles. The first kappa shape index (κ1) is 11.9. The minimum absolute atomic E-state index is 0.289. The fourth-order valence-corrected chi connectivity index (χ4v) is 1.53. The van der Waals surface area contributed by atoms with Gasteiger partial charge in [-0.3, -0.25) is 5.10 Å². The van der Waals surface area contributed by atoms with Gasteiger partial charge in [0.15, 0.2) is 5.82 Å². The standard InChI is InChI=1S/C11H12ClN3O2/c1-16-6-7-17-11-13-10(14-15-11)8-4-2-3-5-9(8)12/h2-5H,6-7H2,1H3,(H,13,14,15). The Hall–Kier alpha value is -1.59. The first-order chi connectivity index (χ1) is 8.31. The van der Waals surface area contributed by atoms with Crippen LogP contribution in [0.2, 0.25) is 5.02 Å². The van der Waals surface area contributed by atoms with Gasteiger partial charge in [0.2, 0.25) is 0 Å². The van der Waals surface area contributed by atoms with E-state index in [1.807, 2.05) is 18.2 Å². The van der Waals surface area contributed by atoms with Crippen LogP contribution in [-0.2, 0) is 4.74 Å². The average Bonchev–Trinajstić information content (AvgIpc) is 2.79. The van der Waals surface area contributed by atoms with Gasteiger partial charge in [-0.25, -0.2) is 0 Å². The van der Waals surface area contributed by atoms with Crippen LogP contribution in [0.5, 0.6) is 6.01 Å². The fourth-order valence-electron chi connectivity index (χ4n) is 1.30. The maximum atomic E-state index is 6.05. The highest BCUT2D eigenvalue weighted by molar-refractivity contribution is 6.33. The van der Waals surface area contributed by atoms with Gasteiger partial charge in [0.25, 0.3) is 0 Å². The number of aromatic nitrogens is 3. The van der Waals surface area contributed by atoms with Gasteiger partial charge in [-0.05, 0) is 12.1 Å². The van der Waals surface area contributed by atoms with Crippen molar-refractivity contribution in [1.29, 1.82) is 0 Å². The zero-order valence-corrected chi connectivity index (χ0v) is 10.1. The number of benzene rings is 1. The molecule has 2 rings (SSSR count). The third-order valence-electron chi connectivity index (χ3n) is 2.11. The van der Waals surface area contributed by atoms with Crippen molar-refractivity contribution in [3.8, 4) is 17.4 Å². The normalized spacial score (nSPS) is 10.5. The molecule has 0 unspecified atom stereocenters. The van der Waals surface area contributed by atoms with Crippen LogP contribution in [-0.4, -0.2) is 35.5 Å². The summed E-state index contributed by atoms with van der Waals surface area (Å²) < 4.78 is 10.1. The summed E-state index contributed by atoms with van der Waals surface area (Å²) in [6.07, 6.45) is 0. The summed E-state index contributed by atoms with van der Waals surface area (Å²) in [5, 5.41) is 7.33. The number of rotatable bonds is 5. The average molecular weight is 254 g/mol. The molecule has 1 aromatic carbocycles. The predicted molar refractivity (Wildman–Crippen MR) is 64.2 cm³/mol. The van der Waals surface area contributed by atoms with Gasteiger partial charge >= 0.3 is 6.01 Å². The molecule has 6 heteroatoms. The molecule has 0 radical (unpaired) electrons. The van der Waals surface area contributed by atoms with Gasteiger partial charge in [-0.2, -0.15) is 4.98 Å². The molecule has 0 aliphatic carbocycles. The molecule has 0 amide bonds. The minimum Gasteiger partial charge on any atom is -0.460 e. The van der Waals surface area contributed by atoms with Gasteiger partial charge < -0.3 is 9.47 Å². The first-order valence-corrected chi connectivity index (χ1v) is 5.48. The van der Waals surface area contributed by atoms with Crippen molar-refractivity contribution in [2.45, 2.75) is 0 Å². The van der Waals surface area contributed by atoms with E-state index in [-0.39, 0.29) is 6.01 Å². The molecule has 0 aliphatic heterocycles. The number of nitrogens with zero attached hydrogens (tertiary/aromatic N) is 2. The summed E-state index contributed by atoms with van der Waals surface area (Å²) in [7, 11) is 1.61. The molecule has 17 heavy (non-hydrogen) atoms. The third kappa shape index (κ3) is 2.95. The number of halogens is 1. The quantitative estimate of drug-likeness (QED) is 0.830. The van der Waals surface area contributed by atoms with E-state index in [4.69, 9.17) is 21.1 Å². The molecule has 0 atom stereocenters. The topological polar surface area (TPSA) is 60.0 Å². The zero-order chi connectivity index (χ0) is 12.1. The summed E-state index contributed by atoms with van der Waals surface area (Å²) in [5.41, 5.74) is 0.795. The third-order valence-corrected chi connectivity index (χ3v) is 2.44. The molecule has 0 saturated carbocycles. The van der Waals surface area contributed by atoms with E-state index in [9.17, 15) is 0 Å². The highest BCUT2D eigenvalue weighted by Crippen LogP contribution is 2.25. The van der Waals surface area contributed by atoms with Crippen LogP contribution in [0, 0.1) is 0 Å². The first-order valence-electron chi connectivity index (χ1n) is 5.10. The van der Waals surface area contributed by atoms with E-state index < -0.39 is 0 Å². The lowest BCUT2D eigenvalue weighted by Crippen LogP contribution is -2.05. The van der Waals surface area contributed by atoms with Crippen molar-refractivity contribution < 1.29 is 9.47 Å². The molecular formula is C11H12ClN3O2. The number of aromatic amines is 1. The Morgan fingerprint density at radius 2 is 2.12 bits per heavy atom. The van der Waals surface area contributed by atoms with Crippen molar-refractivity contribution >= 4 is 11.6 Å². The molecule has 90 valence electrons. The Morgan fingerprint density at radius 1 is 1.29 bits per heavy atom. The van der Waals surface area contributed by atoms with Crippen LogP contribution >= 0.6 is 11.6 Å². The van der Waals surface area contributed by atoms with E-state index in [1.165, 1.54) is 0 Å². The molecule has 0 bridgehead atoms. The van der Waals surface area contributed by atoms with Gasteiger partial charge in [0.05, 0.1) is 11.6 Å². The van der Waals surface area contributed by atoms with Crippen molar-refractivity contribution in [3.05, 3.63) is 29.3 Å². The number of nitrogens with one attached hydrogen (secondary N) is 1. The van der Waals surface area contributed by atoms with Crippen LogP contribution in [0.1, 0.15) is 0 Å². The van der Waals surface area contributed by atoms with E-state index >= 15 is 0 Å². The second-order valence-corrected chi connectivity index (χ2v) is 3.69. The predicted octanol–water partition coefficient (Wildman–Crippen LogP) is 2.15. The molecule has 5 nitrogen and oxygen atoms in total. The molecule has 0 saturated heterocycles. The van der Waals surface area contributed by atoms with Gasteiger partial charge in [-0.1, -0.05) is 23.7 Å². The molecule has 1 aromatic heterocycles. The molecule has 0 spiro atoms. The highest BCUT2D eigenvalue weighted by Gasteiger charge is 2.08. The molecule has 2 aromatic rings. The van der Waals surface area contributed by atoms with Crippen molar-refractivity contribution in [2.75, 3.05) is 20.3 Å². The maximum absolute atomic E-state index is 6.05. The maximum Gasteiger partial charge on any atom is 0.335 e. The monoisotopic (exact) mass is 253 g/mol. The van der Waals surface area contributed by atoms with Crippen molar-refractivity contribution in [3.63, 3.8) is 0 Å². The van der Waals surface area contributed by atoms with Crippen LogP contribution < -0.4 is 4.74 Å². The molecular weight excluding hydrogens is 242 g/mol. The Bertz CT molecular complexity index is 487. The van der Waals surface area contributed by atoms with Gasteiger partial charge in [0.1, 0.15) is 6.61 Å². The van der Waals surface area contributed by atoms with E-state index in [1.54, 1.807) is 13.2 Å². The number of H-pyrrole nitrogens is 1. The van der Waals surface area contributed by atoms with Gasteiger partial charge in [0, 0.05) is 12.7 Å². The Kier molecular flexibility index (Phi) is 3.95. The Balaban J connectivity index is 2.10. The SMILES string of the molecule is COCCOc1n[nH]c(-c2ccccc2Cl)n1. The Labute approximate surface area is 104 Å². The molecule has 0 aliphatic rings. The summed E-state index contributed by atoms with van der Waals surface area (Å²) in [6.45, 7) is 0.909. The lowest BCUT2D eigenvalue weighted by molar-refractivity contribution is 0.141. The minimum atomic E-state index is 0.289. The highest BCUT2D eigenvalue weighted by atomic mass is 35.5. The van der Waals surface area contributed by atoms with Crippen molar-refractivity contribution in [1.82, 2.24) is 15.2 Å². The second kappa shape index (κ2) is 5.65. The van der Waals surface area contributed by atoms with Crippen LogP contribution in [0.4, 0.5) is 0 Å². The van der Waals surface area contributed by atoms with E-state index in [0.29, 0.717) is 24.1 Å². The zero-order valence-electron chi connectivity index (χ0n) is 9.31. The van der Waals surface area contributed by atoms with Crippen LogP contribution in [0.25, 0.3) is 11.4 Å². The Morgan fingerprint density at radius 3 is 2.88 bits per heavy atom. The van der Waals surface area contributed by atoms with E-state index in [2.05, 4.69) is 15.2 Å². The molecule has 0 fully saturated rings. The summed E-state index contributed by atoms with van der Waals surface area (Å²) in [6, 6.07) is 7.69. The van der Waals surface area contributed by atoms with Gasteiger partial charge in [-0.15, -0.1) is 5.10 Å². The van der Waals surface area contributed by atoms with Crippen LogP contribution in [0.3, 0.4) is 0 Å². The summed E-state index contributed by atoms with van der Waals surface area (Å²) >= 11 is 6.05. The van der Waals surface area contributed by atoms with Crippen LogP contribution in [0.15, 0.2) is 24.3 Å². The summed E-state index contributed by atoms with van der Waals surface area (Å²) in [4.78, 5) is 4.18. The molecule has 1 N–H and O–H groups in total. The number of hydrogen-bond acceptors (Lipinski definition) is 4. The fraction of sp³-hybridized carbons (Fsp3) is 0.273. The van der Waals surface area contributed by atoms with E-state index in [0.717, 1.165) is 5.56 Å². The number of methoxy groups -OCH3 is 1. The number of ether oxygens (including phenoxy) is 2. The lowest BCUT2D eigenvalue weighted by Gasteiger charge is -1.99. The lowest BCUT2D eigenvalue weighted by atomic mass is 10.2. The number of hydrogen-bond donors (Lipinski definition) is 1. The smallest absolute Gasteiger partial charge is 0.335 e.